The molecular weight excluding hydrogens is 284 g/mol. The van der Waals surface area contributed by atoms with Gasteiger partial charge in [-0.15, -0.1) is 0 Å². The van der Waals surface area contributed by atoms with E-state index in [2.05, 4.69) is 18.7 Å². The largest absolute Gasteiger partial charge is 0.303 e. The monoisotopic (exact) mass is 302 g/mol. The van der Waals surface area contributed by atoms with Crippen LogP contribution in [0.1, 0.15) is 19.4 Å². The van der Waals surface area contributed by atoms with Crippen molar-refractivity contribution in [2.24, 2.45) is 0 Å². The van der Waals surface area contributed by atoms with E-state index in [0.717, 1.165) is 31.0 Å². The molecule has 0 radical (unpaired) electrons. The van der Waals surface area contributed by atoms with Crippen LogP contribution in [-0.4, -0.2) is 35.2 Å². The molecule has 0 aliphatic heterocycles. The molecule has 1 aromatic rings. The minimum absolute atomic E-state index is 0.101. The van der Waals surface area contributed by atoms with Gasteiger partial charge in [0.05, 0.1) is 4.92 Å². The van der Waals surface area contributed by atoms with Crippen LogP contribution in [0.3, 0.4) is 0 Å². The molecule has 6 heteroatoms. The fraction of sp³-hybridized carbons (Fsp3) is 0.538. The second kappa shape index (κ2) is 8.40. The van der Waals surface area contributed by atoms with Gasteiger partial charge in [-0.1, -0.05) is 25.4 Å². The Morgan fingerprint density at radius 1 is 1.37 bits per heavy atom. The summed E-state index contributed by atoms with van der Waals surface area (Å²) >= 11 is 7.80. The molecule has 0 atom stereocenters. The lowest BCUT2D eigenvalue weighted by Gasteiger charge is -2.17. The van der Waals surface area contributed by atoms with Crippen molar-refractivity contribution in [1.82, 2.24) is 4.90 Å². The quantitative estimate of drug-likeness (QED) is 0.416. The van der Waals surface area contributed by atoms with Gasteiger partial charge in [-0.05, 0) is 24.7 Å². The predicted molar refractivity (Wildman–Crippen MR) is 82.1 cm³/mol. The van der Waals surface area contributed by atoms with Crippen LogP contribution >= 0.6 is 23.4 Å². The van der Waals surface area contributed by atoms with E-state index < -0.39 is 0 Å². The topological polar surface area (TPSA) is 46.4 Å². The molecular formula is C13H19ClN2O2S. The second-order valence-corrected chi connectivity index (χ2v) is 5.62. The molecule has 0 unspecified atom stereocenters. The third-order valence-corrected chi connectivity index (χ3v) is 4.30. The Bertz CT molecular complexity index is 425. The summed E-state index contributed by atoms with van der Waals surface area (Å²) in [6, 6.07) is 4.60. The summed E-state index contributed by atoms with van der Waals surface area (Å²) in [6.45, 7) is 7.42. The highest BCUT2D eigenvalue weighted by molar-refractivity contribution is 7.98. The number of benzene rings is 1. The Morgan fingerprint density at radius 3 is 2.63 bits per heavy atom. The standard InChI is InChI=1S/C13H19ClN2O2S/c1-3-15(4-2)7-8-19-10-11-9-12(16(17)18)5-6-13(11)14/h5-6,9H,3-4,7-8,10H2,1-2H3. The molecule has 0 saturated heterocycles. The van der Waals surface area contributed by atoms with Gasteiger partial charge in [0.1, 0.15) is 0 Å². The summed E-state index contributed by atoms with van der Waals surface area (Å²) in [4.78, 5) is 12.7. The van der Waals surface area contributed by atoms with Crippen LogP contribution in [0.2, 0.25) is 5.02 Å². The molecule has 1 aromatic carbocycles. The Hall–Kier alpha value is -0.780. The lowest BCUT2D eigenvalue weighted by Crippen LogP contribution is -2.25. The van der Waals surface area contributed by atoms with Crippen molar-refractivity contribution in [3.63, 3.8) is 0 Å². The SMILES string of the molecule is CCN(CC)CCSCc1cc([N+](=O)[O-])ccc1Cl. The molecule has 106 valence electrons. The first-order chi connectivity index (χ1) is 9.08. The van der Waals surface area contributed by atoms with Crippen LogP contribution in [0.25, 0.3) is 0 Å². The number of thioether (sulfide) groups is 1. The van der Waals surface area contributed by atoms with E-state index in [9.17, 15) is 10.1 Å². The first kappa shape index (κ1) is 16.3. The Labute approximate surface area is 123 Å². The Kier molecular flexibility index (Phi) is 7.20. The highest BCUT2D eigenvalue weighted by atomic mass is 35.5. The van der Waals surface area contributed by atoms with Crippen molar-refractivity contribution in [2.75, 3.05) is 25.4 Å². The second-order valence-electron chi connectivity index (χ2n) is 4.11. The van der Waals surface area contributed by atoms with Crippen LogP contribution in [0.15, 0.2) is 18.2 Å². The van der Waals surface area contributed by atoms with Gasteiger partial charge in [0.2, 0.25) is 0 Å². The fourth-order valence-corrected chi connectivity index (χ4v) is 2.95. The smallest absolute Gasteiger partial charge is 0.269 e. The average Bonchev–Trinajstić information content (AvgIpc) is 2.40. The van der Waals surface area contributed by atoms with Gasteiger partial charge >= 0.3 is 0 Å². The number of nitrogens with zero attached hydrogens (tertiary/aromatic N) is 2. The van der Waals surface area contributed by atoms with Crippen LogP contribution in [0, 0.1) is 10.1 Å². The van der Waals surface area contributed by atoms with E-state index in [1.54, 1.807) is 23.9 Å². The first-order valence-corrected chi connectivity index (χ1v) is 7.84. The maximum Gasteiger partial charge on any atom is 0.269 e. The number of nitro benzene ring substituents is 1. The number of hydrogen-bond donors (Lipinski definition) is 0. The zero-order valence-electron chi connectivity index (χ0n) is 11.3. The minimum Gasteiger partial charge on any atom is -0.303 e. The molecule has 0 bridgehead atoms. The third kappa shape index (κ3) is 5.38. The van der Waals surface area contributed by atoms with E-state index >= 15 is 0 Å². The van der Waals surface area contributed by atoms with Crippen LogP contribution < -0.4 is 0 Å². The van der Waals surface area contributed by atoms with Crippen molar-refractivity contribution in [3.05, 3.63) is 38.9 Å². The molecule has 0 aromatic heterocycles. The van der Waals surface area contributed by atoms with Crippen molar-refractivity contribution >= 4 is 29.1 Å². The van der Waals surface area contributed by atoms with Crippen molar-refractivity contribution in [2.45, 2.75) is 19.6 Å². The number of nitro groups is 1. The van der Waals surface area contributed by atoms with Crippen LogP contribution in [0.5, 0.6) is 0 Å². The highest BCUT2D eigenvalue weighted by Crippen LogP contribution is 2.25. The fourth-order valence-electron chi connectivity index (χ4n) is 1.70. The van der Waals surface area contributed by atoms with E-state index in [1.807, 2.05) is 0 Å². The van der Waals surface area contributed by atoms with Gasteiger partial charge in [0.25, 0.3) is 5.69 Å². The molecule has 4 nitrogen and oxygen atoms in total. The maximum absolute atomic E-state index is 10.7. The summed E-state index contributed by atoms with van der Waals surface area (Å²) in [6.07, 6.45) is 0. The van der Waals surface area contributed by atoms with Crippen molar-refractivity contribution in [1.29, 1.82) is 0 Å². The average molecular weight is 303 g/mol. The zero-order chi connectivity index (χ0) is 14.3. The summed E-state index contributed by atoms with van der Waals surface area (Å²) in [7, 11) is 0. The van der Waals surface area contributed by atoms with Crippen molar-refractivity contribution in [3.8, 4) is 0 Å². The molecule has 0 spiro atoms. The molecule has 1 rings (SSSR count). The lowest BCUT2D eigenvalue weighted by atomic mass is 10.2. The summed E-state index contributed by atoms with van der Waals surface area (Å²) in [5.74, 6) is 1.71. The van der Waals surface area contributed by atoms with Gasteiger partial charge in [0.15, 0.2) is 0 Å². The number of rotatable bonds is 8. The molecule has 0 saturated carbocycles. The van der Waals surface area contributed by atoms with E-state index in [1.165, 1.54) is 6.07 Å². The molecule has 0 heterocycles. The molecule has 0 aliphatic carbocycles. The molecule has 0 fully saturated rings. The highest BCUT2D eigenvalue weighted by Gasteiger charge is 2.09. The number of non-ortho nitro benzene ring substituents is 1. The number of halogens is 1. The van der Waals surface area contributed by atoms with Crippen molar-refractivity contribution < 1.29 is 4.92 Å². The summed E-state index contributed by atoms with van der Waals surface area (Å²) in [5, 5.41) is 11.3. The van der Waals surface area contributed by atoms with E-state index in [0.29, 0.717) is 10.8 Å². The van der Waals surface area contributed by atoms with Gasteiger partial charge in [0, 0.05) is 35.2 Å². The van der Waals surface area contributed by atoms with Gasteiger partial charge < -0.3 is 4.90 Å². The Balaban J connectivity index is 2.48. The number of hydrogen-bond acceptors (Lipinski definition) is 4. The Morgan fingerprint density at radius 2 is 2.05 bits per heavy atom. The summed E-state index contributed by atoms with van der Waals surface area (Å²) < 4.78 is 0. The van der Waals surface area contributed by atoms with Gasteiger partial charge in [-0.2, -0.15) is 11.8 Å². The summed E-state index contributed by atoms with van der Waals surface area (Å²) in [5.41, 5.74) is 0.934. The lowest BCUT2D eigenvalue weighted by molar-refractivity contribution is -0.384. The predicted octanol–water partition coefficient (Wildman–Crippen LogP) is 3.82. The van der Waals surface area contributed by atoms with E-state index in [-0.39, 0.29) is 10.6 Å². The van der Waals surface area contributed by atoms with Crippen LogP contribution in [-0.2, 0) is 5.75 Å². The zero-order valence-corrected chi connectivity index (χ0v) is 12.8. The minimum atomic E-state index is -0.388. The van der Waals surface area contributed by atoms with E-state index in [4.69, 9.17) is 11.6 Å². The molecule has 0 amide bonds. The molecule has 0 aliphatic rings. The normalized spacial score (nSPS) is 10.9. The van der Waals surface area contributed by atoms with Crippen LogP contribution in [0.4, 0.5) is 5.69 Å². The van der Waals surface area contributed by atoms with Gasteiger partial charge in [-0.25, -0.2) is 0 Å². The maximum atomic E-state index is 10.7. The molecule has 0 N–H and O–H groups in total. The van der Waals surface area contributed by atoms with Gasteiger partial charge in [-0.3, -0.25) is 10.1 Å². The first-order valence-electron chi connectivity index (χ1n) is 6.31. The molecule has 19 heavy (non-hydrogen) atoms. The third-order valence-electron chi connectivity index (χ3n) is 2.94.